The molecule has 1 aromatic rings. The summed E-state index contributed by atoms with van der Waals surface area (Å²) in [6.07, 6.45) is -2.48. The molecule has 0 aromatic heterocycles. The molecule has 1 aliphatic carbocycles. The summed E-state index contributed by atoms with van der Waals surface area (Å²) in [6.45, 7) is 0.859. The van der Waals surface area contributed by atoms with Crippen molar-refractivity contribution in [3.05, 3.63) is 35.1 Å². The van der Waals surface area contributed by atoms with Gasteiger partial charge in [-0.15, -0.1) is 0 Å². The lowest BCUT2D eigenvalue weighted by atomic mass is 9.83. The fourth-order valence-corrected chi connectivity index (χ4v) is 3.62. The zero-order valence-electron chi connectivity index (χ0n) is 14.0. The monoisotopic (exact) mass is 369 g/mol. The zero-order chi connectivity index (χ0) is 18.9. The van der Waals surface area contributed by atoms with E-state index in [1.54, 1.807) is 6.07 Å². The quantitative estimate of drug-likeness (QED) is 0.833. The molecule has 2 fully saturated rings. The fourth-order valence-electron chi connectivity index (χ4n) is 3.62. The molecule has 0 spiro atoms. The number of amides is 1. The van der Waals surface area contributed by atoms with Gasteiger partial charge in [0.25, 0.3) is 5.91 Å². The number of nitrogens with zero attached hydrogens (tertiary/aromatic N) is 2. The SMILES string of the molecule is N#Cc1cc(C(=O)NC2CC(N3CCC(C(F)(F)F)CC3)C2)ccc1F. The third-order valence-corrected chi connectivity index (χ3v) is 5.31. The molecule has 2 aliphatic rings. The average molecular weight is 369 g/mol. The van der Waals surface area contributed by atoms with E-state index in [1.165, 1.54) is 12.1 Å². The van der Waals surface area contributed by atoms with Crippen LogP contribution in [0.3, 0.4) is 0 Å². The Labute approximate surface area is 148 Å². The summed E-state index contributed by atoms with van der Waals surface area (Å²) in [5.74, 6) is -2.25. The van der Waals surface area contributed by atoms with Crippen LogP contribution in [-0.2, 0) is 0 Å². The number of alkyl halides is 3. The zero-order valence-corrected chi connectivity index (χ0v) is 14.0. The number of halogens is 4. The molecule has 1 heterocycles. The lowest BCUT2D eigenvalue weighted by Crippen LogP contribution is -2.56. The van der Waals surface area contributed by atoms with Crippen molar-refractivity contribution in [1.29, 1.82) is 5.26 Å². The molecule has 1 amide bonds. The molecule has 0 radical (unpaired) electrons. The first-order valence-electron chi connectivity index (χ1n) is 8.59. The number of piperidine rings is 1. The van der Waals surface area contributed by atoms with Crippen LogP contribution in [0.1, 0.15) is 41.6 Å². The Hall–Kier alpha value is -2.14. The Bertz CT molecular complexity index is 714. The Morgan fingerprint density at radius 2 is 1.88 bits per heavy atom. The van der Waals surface area contributed by atoms with Gasteiger partial charge in [0.15, 0.2) is 0 Å². The molecule has 0 unspecified atom stereocenters. The number of nitriles is 1. The normalized spacial score (nSPS) is 24.6. The van der Waals surface area contributed by atoms with Crippen molar-refractivity contribution in [2.24, 2.45) is 5.92 Å². The summed E-state index contributed by atoms with van der Waals surface area (Å²) in [4.78, 5) is 14.2. The van der Waals surface area contributed by atoms with Crippen molar-refractivity contribution < 1.29 is 22.4 Å². The second-order valence-electron chi connectivity index (χ2n) is 6.95. The highest BCUT2D eigenvalue weighted by Gasteiger charge is 2.43. The maximum Gasteiger partial charge on any atom is 0.391 e. The minimum atomic E-state index is -4.11. The molecule has 4 nitrogen and oxygen atoms in total. The summed E-state index contributed by atoms with van der Waals surface area (Å²) in [7, 11) is 0. The number of carbonyl (C=O) groups excluding carboxylic acids is 1. The highest BCUT2D eigenvalue weighted by molar-refractivity contribution is 5.94. The number of rotatable bonds is 3. The Kier molecular flexibility index (Phi) is 5.19. The third kappa shape index (κ3) is 3.98. The maximum atomic E-state index is 13.3. The highest BCUT2D eigenvalue weighted by Crippen LogP contribution is 2.36. The van der Waals surface area contributed by atoms with Crippen LogP contribution in [0.4, 0.5) is 17.6 Å². The first-order valence-corrected chi connectivity index (χ1v) is 8.59. The second-order valence-corrected chi connectivity index (χ2v) is 6.95. The summed E-state index contributed by atoms with van der Waals surface area (Å²) < 4.78 is 51.4. The molecule has 1 aliphatic heterocycles. The molecule has 0 bridgehead atoms. The van der Waals surface area contributed by atoms with Gasteiger partial charge in [-0.05, 0) is 57.0 Å². The van der Waals surface area contributed by atoms with Gasteiger partial charge in [0.1, 0.15) is 11.9 Å². The maximum absolute atomic E-state index is 13.3. The number of likely N-dealkylation sites (tertiary alicyclic amines) is 1. The van der Waals surface area contributed by atoms with Crippen LogP contribution in [0.15, 0.2) is 18.2 Å². The summed E-state index contributed by atoms with van der Waals surface area (Å²) in [5, 5.41) is 11.6. The van der Waals surface area contributed by atoms with E-state index >= 15 is 0 Å². The van der Waals surface area contributed by atoms with E-state index in [0.717, 1.165) is 6.07 Å². The van der Waals surface area contributed by atoms with Gasteiger partial charge >= 0.3 is 6.18 Å². The smallest absolute Gasteiger partial charge is 0.349 e. The second kappa shape index (κ2) is 7.23. The lowest BCUT2D eigenvalue weighted by molar-refractivity contribution is -0.187. The number of carbonyl (C=O) groups is 1. The third-order valence-electron chi connectivity index (χ3n) is 5.31. The van der Waals surface area contributed by atoms with Crippen molar-refractivity contribution in [3.8, 4) is 6.07 Å². The number of benzene rings is 1. The lowest BCUT2D eigenvalue weighted by Gasteiger charge is -2.46. The average Bonchev–Trinajstić information content (AvgIpc) is 2.57. The van der Waals surface area contributed by atoms with Crippen LogP contribution < -0.4 is 5.32 Å². The number of hydrogen-bond donors (Lipinski definition) is 1. The molecular formula is C18H19F4N3O. The van der Waals surface area contributed by atoms with E-state index in [2.05, 4.69) is 10.2 Å². The van der Waals surface area contributed by atoms with Crippen LogP contribution in [-0.4, -0.2) is 42.2 Å². The van der Waals surface area contributed by atoms with E-state index in [-0.39, 0.29) is 42.0 Å². The predicted octanol–water partition coefficient (Wildman–Crippen LogP) is 3.23. The molecule has 3 rings (SSSR count). The summed E-state index contributed by atoms with van der Waals surface area (Å²) >= 11 is 0. The Morgan fingerprint density at radius 3 is 2.46 bits per heavy atom. The van der Waals surface area contributed by atoms with Crippen LogP contribution in [0.25, 0.3) is 0 Å². The van der Waals surface area contributed by atoms with Gasteiger partial charge in [0.05, 0.1) is 11.5 Å². The molecule has 0 atom stereocenters. The van der Waals surface area contributed by atoms with E-state index < -0.39 is 17.9 Å². The minimum absolute atomic E-state index is 0.0524. The standard InChI is InChI=1S/C18H19F4N3O/c19-16-2-1-11(7-12(16)10-23)17(26)24-14-8-15(9-14)25-5-3-13(4-6-25)18(20,21)22/h1-2,7,13-15H,3-6,8-9H2,(H,24,26). The predicted molar refractivity (Wildman–Crippen MR) is 85.7 cm³/mol. The first-order chi connectivity index (χ1) is 12.3. The van der Waals surface area contributed by atoms with Gasteiger partial charge < -0.3 is 10.2 Å². The van der Waals surface area contributed by atoms with E-state index in [9.17, 15) is 22.4 Å². The Morgan fingerprint density at radius 1 is 1.23 bits per heavy atom. The summed E-state index contributed by atoms with van der Waals surface area (Å²) in [5.41, 5.74) is 0.0362. The Balaban J connectivity index is 1.46. The first kappa shape index (κ1) is 18.6. The van der Waals surface area contributed by atoms with Crippen LogP contribution in [0.2, 0.25) is 0 Å². The number of nitrogens with one attached hydrogen (secondary N) is 1. The van der Waals surface area contributed by atoms with Crippen molar-refractivity contribution in [1.82, 2.24) is 10.2 Å². The molecular weight excluding hydrogens is 350 g/mol. The van der Waals surface area contributed by atoms with Gasteiger partial charge in [-0.2, -0.15) is 18.4 Å². The number of hydrogen-bond acceptors (Lipinski definition) is 3. The van der Waals surface area contributed by atoms with Crippen molar-refractivity contribution in [3.63, 3.8) is 0 Å². The van der Waals surface area contributed by atoms with Crippen molar-refractivity contribution >= 4 is 5.91 Å². The van der Waals surface area contributed by atoms with Gasteiger partial charge in [0, 0.05) is 17.6 Å². The molecule has 1 saturated carbocycles. The van der Waals surface area contributed by atoms with E-state index in [4.69, 9.17) is 5.26 Å². The largest absolute Gasteiger partial charge is 0.391 e. The molecule has 1 saturated heterocycles. The van der Waals surface area contributed by atoms with Crippen LogP contribution in [0.5, 0.6) is 0 Å². The molecule has 1 aromatic carbocycles. The van der Waals surface area contributed by atoms with E-state index in [0.29, 0.717) is 25.9 Å². The molecule has 1 N–H and O–H groups in total. The van der Waals surface area contributed by atoms with Gasteiger partial charge in [-0.25, -0.2) is 4.39 Å². The summed E-state index contributed by atoms with van der Waals surface area (Å²) in [6, 6.07) is 5.45. The van der Waals surface area contributed by atoms with E-state index in [1.807, 2.05) is 0 Å². The topological polar surface area (TPSA) is 56.1 Å². The van der Waals surface area contributed by atoms with Gasteiger partial charge in [-0.1, -0.05) is 0 Å². The van der Waals surface area contributed by atoms with Crippen molar-refractivity contribution in [2.45, 2.75) is 43.9 Å². The molecule has 140 valence electrons. The highest BCUT2D eigenvalue weighted by atomic mass is 19.4. The van der Waals surface area contributed by atoms with Crippen molar-refractivity contribution in [2.75, 3.05) is 13.1 Å². The molecule has 8 heteroatoms. The molecule has 26 heavy (non-hydrogen) atoms. The van der Waals surface area contributed by atoms with Gasteiger partial charge in [-0.3, -0.25) is 4.79 Å². The minimum Gasteiger partial charge on any atom is -0.349 e. The van der Waals surface area contributed by atoms with Crippen LogP contribution >= 0.6 is 0 Å². The fraction of sp³-hybridized carbons (Fsp3) is 0.556. The van der Waals surface area contributed by atoms with Crippen LogP contribution in [0, 0.1) is 23.1 Å². The van der Waals surface area contributed by atoms with Gasteiger partial charge in [0.2, 0.25) is 0 Å².